The summed E-state index contributed by atoms with van der Waals surface area (Å²) in [6.45, 7) is 36.0. The summed E-state index contributed by atoms with van der Waals surface area (Å²) in [5.41, 5.74) is 3.97. The molecule has 0 amide bonds. The SMILES string of the molecule is C[Si](C)(O)C[Si](C)(C)O[Si](C)(C)C[Si](C)(C)O[Si](C)(C)C[Si](C)(C)O[Si](C)(C)C[Si](C)(C)O. The summed E-state index contributed by atoms with van der Waals surface area (Å²) in [4.78, 5) is 20.9. The molecule has 0 unspecified atom stereocenters. The quantitative estimate of drug-likeness (QED) is 0.214. The van der Waals surface area contributed by atoms with E-state index < -0.39 is 66.5 Å². The molecular formula is C20H58O5Si8. The van der Waals surface area contributed by atoms with Gasteiger partial charge in [0.2, 0.25) is 0 Å². The van der Waals surface area contributed by atoms with Gasteiger partial charge in [-0.05, 0) is 127 Å². The van der Waals surface area contributed by atoms with Crippen LogP contribution >= 0.6 is 0 Å². The molecule has 0 saturated heterocycles. The molecule has 200 valence electrons. The molecular weight excluding hydrogens is 545 g/mol. The Kier molecular flexibility index (Phi) is 11.6. The average molecular weight is 603 g/mol. The Morgan fingerprint density at radius 3 is 0.636 bits per heavy atom. The molecule has 0 bridgehead atoms. The minimum Gasteiger partial charge on any atom is -0.456 e. The summed E-state index contributed by atoms with van der Waals surface area (Å²) in [5.74, 6) is 0. The van der Waals surface area contributed by atoms with Crippen molar-refractivity contribution in [2.45, 2.75) is 127 Å². The van der Waals surface area contributed by atoms with Gasteiger partial charge in [0.15, 0.2) is 66.5 Å². The van der Waals surface area contributed by atoms with Crippen molar-refractivity contribution in [1.29, 1.82) is 0 Å². The van der Waals surface area contributed by atoms with Crippen LogP contribution in [0.25, 0.3) is 0 Å². The van der Waals surface area contributed by atoms with Crippen molar-refractivity contribution >= 4 is 66.5 Å². The molecule has 0 aliphatic rings. The van der Waals surface area contributed by atoms with Crippen molar-refractivity contribution in [2.24, 2.45) is 0 Å². The van der Waals surface area contributed by atoms with E-state index in [1.165, 1.54) is 0 Å². The largest absolute Gasteiger partial charge is 0.456 e. The first-order valence-electron chi connectivity index (χ1n) is 12.5. The minimum atomic E-state index is -2.12. The van der Waals surface area contributed by atoms with Gasteiger partial charge in [0.25, 0.3) is 0 Å². The fourth-order valence-electron chi connectivity index (χ4n) is 6.59. The standard InChI is InChI=1S/C20H58O5Si8/c1-26(2,21)17-28(5,6)23-30(9,10)19-32(13,14)25-33(15,16)20-31(11,12)24-29(7,8)18-27(3,4)22/h21-22H,17-20H2,1-16H3. The van der Waals surface area contributed by atoms with E-state index in [0.29, 0.717) is 0 Å². The lowest BCUT2D eigenvalue weighted by atomic mass is 11.8. The molecule has 0 radical (unpaired) electrons. The lowest BCUT2D eigenvalue weighted by Crippen LogP contribution is -2.57. The number of hydrogen-bond acceptors (Lipinski definition) is 5. The molecule has 13 heteroatoms. The summed E-state index contributed by atoms with van der Waals surface area (Å²) < 4.78 is 20.8. The average Bonchev–Trinajstić information content (AvgIpc) is 2.20. The fourth-order valence-corrected chi connectivity index (χ4v) is 63.2. The smallest absolute Gasteiger partial charge is 0.182 e. The van der Waals surface area contributed by atoms with Gasteiger partial charge in [-0.15, -0.1) is 0 Å². The van der Waals surface area contributed by atoms with Crippen molar-refractivity contribution in [3.05, 3.63) is 0 Å². The van der Waals surface area contributed by atoms with Crippen LogP contribution in [0.2, 0.25) is 127 Å². The molecule has 0 rings (SSSR count). The Balaban J connectivity index is 5.27. The maximum atomic E-state index is 10.5. The van der Waals surface area contributed by atoms with Crippen LogP contribution in [0.4, 0.5) is 0 Å². The Labute approximate surface area is 215 Å². The van der Waals surface area contributed by atoms with Crippen LogP contribution in [0.5, 0.6) is 0 Å². The van der Waals surface area contributed by atoms with E-state index in [1.807, 2.05) is 26.2 Å². The van der Waals surface area contributed by atoms with Crippen LogP contribution in [0.1, 0.15) is 0 Å². The molecule has 0 aromatic rings. The molecule has 0 aliphatic carbocycles. The van der Waals surface area contributed by atoms with E-state index >= 15 is 0 Å². The minimum absolute atomic E-state index is 0.893. The monoisotopic (exact) mass is 602 g/mol. The van der Waals surface area contributed by atoms with Crippen LogP contribution < -0.4 is 0 Å². The third-order valence-electron chi connectivity index (χ3n) is 5.08. The fraction of sp³-hybridized carbons (Fsp3) is 1.00. The first kappa shape index (κ1) is 34.5. The summed E-state index contributed by atoms with van der Waals surface area (Å²) in [7, 11) is -15.7. The van der Waals surface area contributed by atoms with E-state index in [9.17, 15) is 9.59 Å². The highest BCUT2D eigenvalue weighted by molar-refractivity contribution is 7.02. The molecule has 0 atom stereocenters. The highest BCUT2D eigenvalue weighted by atomic mass is 28.5. The van der Waals surface area contributed by atoms with Gasteiger partial charge in [-0.2, -0.15) is 0 Å². The summed E-state index contributed by atoms with van der Waals surface area (Å²) in [5, 5.41) is 0. The zero-order chi connectivity index (χ0) is 26.9. The van der Waals surface area contributed by atoms with Crippen LogP contribution in [-0.4, -0.2) is 76.1 Å². The zero-order valence-electron chi connectivity index (χ0n) is 24.9. The summed E-state index contributed by atoms with van der Waals surface area (Å²) >= 11 is 0. The number of hydrogen-bond donors (Lipinski definition) is 2. The Morgan fingerprint density at radius 2 is 0.485 bits per heavy atom. The van der Waals surface area contributed by atoms with E-state index in [0.717, 1.165) is 22.7 Å². The van der Waals surface area contributed by atoms with Crippen molar-refractivity contribution in [1.82, 2.24) is 0 Å². The molecule has 33 heavy (non-hydrogen) atoms. The second-order valence-electron chi connectivity index (χ2n) is 15.2. The highest BCUT2D eigenvalue weighted by Crippen LogP contribution is 2.33. The maximum Gasteiger partial charge on any atom is 0.182 e. The molecule has 0 aliphatic heterocycles. The molecule has 2 N–H and O–H groups in total. The predicted molar refractivity (Wildman–Crippen MR) is 167 cm³/mol. The highest BCUT2D eigenvalue weighted by Gasteiger charge is 2.46. The van der Waals surface area contributed by atoms with Gasteiger partial charge in [-0.25, -0.2) is 0 Å². The van der Waals surface area contributed by atoms with E-state index in [2.05, 4.69) is 78.6 Å². The Bertz CT molecular complexity index is 583. The normalized spacial score (nSPS) is 15.8. The van der Waals surface area contributed by atoms with Gasteiger partial charge in [0.05, 0.1) is 0 Å². The third kappa shape index (κ3) is 17.6. The zero-order valence-corrected chi connectivity index (χ0v) is 32.9. The maximum absolute atomic E-state index is 10.5. The van der Waals surface area contributed by atoms with Gasteiger partial charge in [0, 0.05) is 0 Å². The van der Waals surface area contributed by atoms with Crippen LogP contribution in [-0.2, 0) is 12.3 Å². The molecule has 0 fully saturated rings. The van der Waals surface area contributed by atoms with Crippen molar-refractivity contribution in [3.63, 3.8) is 0 Å². The third-order valence-corrected chi connectivity index (χ3v) is 45.7. The van der Waals surface area contributed by atoms with Crippen molar-refractivity contribution < 1.29 is 21.9 Å². The molecule has 5 nitrogen and oxygen atoms in total. The van der Waals surface area contributed by atoms with Gasteiger partial charge in [-0.1, -0.05) is 0 Å². The summed E-state index contributed by atoms with van der Waals surface area (Å²) in [6.07, 6.45) is 0. The van der Waals surface area contributed by atoms with Gasteiger partial charge < -0.3 is 21.9 Å². The topological polar surface area (TPSA) is 68.2 Å². The lowest BCUT2D eigenvalue weighted by molar-refractivity contribution is 0.513. The summed E-state index contributed by atoms with van der Waals surface area (Å²) in [6, 6.07) is 0. The number of rotatable bonds is 14. The van der Waals surface area contributed by atoms with Crippen LogP contribution in [0.3, 0.4) is 0 Å². The van der Waals surface area contributed by atoms with Crippen molar-refractivity contribution in [2.75, 3.05) is 0 Å². The first-order valence-corrected chi connectivity index (χ1v) is 37.5. The van der Waals surface area contributed by atoms with E-state index in [4.69, 9.17) is 12.3 Å². The molecule has 0 aromatic heterocycles. The van der Waals surface area contributed by atoms with E-state index in [-0.39, 0.29) is 0 Å². The lowest BCUT2D eigenvalue weighted by Gasteiger charge is -2.44. The van der Waals surface area contributed by atoms with Gasteiger partial charge in [-0.3, -0.25) is 0 Å². The second-order valence-corrected chi connectivity index (χ2v) is 51.7. The second kappa shape index (κ2) is 11.1. The van der Waals surface area contributed by atoms with E-state index in [1.54, 1.807) is 0 Å². The molecule has 0 saturated carbocycles. The first-order chi connectivity index (χ1) is 13.9. The van der Waals surface area contributed by atoms with Crippen molar-refractivity contribution in [3.8, 4) is 0 Å². The predicted octanol–water partition coefficient (Wildman–Crippen LogP) is 6.82. The Morgan fingerprint density at radius 1 is 0.333 bits per heavy atom. The molecule has 0 heterocycles. The van der Waals surface area contributed by atoms with Gasteiger partial charge in [0.1, 0.15) is 0 Å². The molecule has 0 spiro atoms. The Hall–Kier alpha value is 1.54. The molecule has 0 aromatic carbocycles. The van der Waals surface area contributed by atoms with Crippen LogP contribution in [0.15, 0.2) is 0 Å². The van der Waals surface area contributed by atoms with Crippen LogP contribution in [0, 0.1) is 0 Å². The van der Waals surface area contributed by atoms with Gasteiger partial charge >= 0.3 is 0 Å².